The van der Waals surface area contributed by atoms with Crippen LogP contribution in [-0.4, -0.2) is 17.1 Å². The lowest BCUT2D eigenvalue weighted by atomic mass is 9.94. The molecule has 1 aromatic carbocycles. The van der Waals surface area contributed by atoms with Crippen LogP contribution < -0.4 is 5.73 Å². The molecular weight excluding hydrogens is 258 g/mol. The van der Waals surface area contributed by atoms with Crippen molar-refractivity contribution >= 4 is 28.0 Å². The summed E-state index contributed by atoms with van der Waals surface area (Å²) in [5.74, 6) is -1.20. The number of nitrogens with two attached hydrogens (primary N) is 1. The van der Waals surface area contributed by atoms with Crippen molar-refractivity contribution in [3.8, 4) is 0 Å². The van der Waals surface area contributed by atoms with Crippen molar-refractivity contribution in [1.82, 2.24) is 0 Å². The van der Waals surface area contributed by atoms with Crippen LogP contribution in [0, 0.1) is 0 Å². The first kappa shape index (κ1) is 10.4. The third kappa shape index (κ3) is 1.82. The lowest BCUT2D eigenvalue weighted by Gasteiger charge is -2.15. The van der Waals surface area contributed by atoms with E-state index in [2.05, 4.69) is 15.9 Å². The highest BCUT2D eigenvalue weighted by Crippen LogP contribution is 2.33. The van der Waals surface area contributed by atoms with Gasteiger partial charge in [-0.05, 0) is 23.3 Å². The first-order valence-corrected chi connectivity index (χ1v) is 5.35. The summed E-state index contributed by atoms with van der Waals surface area (Å²) in [4.78, 5) is 10.8. The quantitative estimate of drug-likeness (QED) is 0.861. The number of halogens is 1. The molecule has 4 heteroatoms. The zero-order chi connectivity index (χ0) is 11.0. The normalized spacial score (nSPS) is 20.0. The number of carbonyl (C=O) groups is 1. The van der Waals surface area contributed by atoms with Crippen molar-refractivity contribution in [1.29, 1.82) is 0 Å². The number of hydrogen-bond donors (Lipinski definition) is 2. The predicted octanol–water partition coefficient (Wildman–Crippen LogP) is 1.97. The number of rotatable bonds is 2. The van der Waals surface area contributed by atoms with Crippen LogP contribution in [0.4, 0.5) is 0 Å². The molecule has 0 aromatic heterocycles. The van der Waals surface area contributed by atoms with Crippen LogP contribution in [0.3, 0.4) is 0 Å². The number of benzene rings is 1. The van der Waals surface area contributed by atoms with Gasteiger partial charge in [0.1, 0.15) is 6.04 Å². The van der Waals surface area contributed by atoms with Gasteiger partial charge in [0.2, 0.25) is 0 Å². The zero-order valence-corrected chi connectivity index (χ0v) is 9.44. The fraction of sp³-hybridized carbons (Fsp3) is 0.182. The van der Waals surface area contributed by atoms with Gasteiger partial charge in [-0.25, -0.2) is 0 Å². The Bertz CT molecular complexity index is 442. The molecule has 78 valence electrons. The lowest BCUT2D eigenvalue weighted by molar-refractivity contribution is -0.138. The maximum absolute atomic E-state index is 10.8. The molecule has 2 atom stereocenters. The summed E-state index contributed by atoms with van der Waals surface area (Å²) >= 11 is 3.36. The van der Waals surface area contributed by atoms with Crippen LogP contribution in [0.5, 0.6) is 0 Å². The van der Waals surface area contributed by atoms with Gasteiger partial charge < -0.3 is 10.8 Å². The van der Waals surface area contributed by atoms with E-state index in [1.54, 1.807) is 0 Å². The third-order valence-corrected chi connectivity index (χ3v) is 3.06. The molecule has 0 heterocycles. The summed E-state index contributed by atoms with van der Waals surface area (Å²) in [7, 11) is 0. The highest BCUT2D eigenvalue weighted by Gasteiger charge is 2.28. The molecule has 0 saturated carbocycles. The number of carboxylic acid groups (broad SMARTS) is 1. The minimum atomic E-state index is -0.975. The second kappa shape index (κ2) is 3.79. The van der Waals surface area contributed by atoms with E-state index in [1.165, 1.54) is 0 Å². The summed E-state index contributed by atoms with van der Waals surface area (Å²) in [6.45, 7) is 0. The topological polar surface area (TPSA) is 63.3 Å². The minimum Gasteiger partial charge on any atom is -0.480 e. The van der Waals surface area contributed by atoms with Crippen molar-refractivity contribution in [3.05, 3.63) is 39.9 Å². The van der Waals surface area contributed by atoms with E-state index in [4.69, 9.17) is 10.8 Å². The predicted molar refractivity (Wildman–Crippen MR) is 61.5 cm³/mol. The Kier molecular flexibility index (Phi) is 2.63. The van der Waals surface area contributed by atoms with Crippen molar-refractivity contribution in [2.24, 2.45) is 5.73 Å². The summed E-state index contributed by atoms with van der Waals surface area (Å²) in [6, 6.07) is 4.92. The van der Waals surface area contributed by atoms with E-state index < -0.39 is 12.0 Å². The van der Waals surface area contributed by atoms with Crippen molar-refractivity contribution in [3.63, 3.8) is 0 Å². The highest BCUT2D eigenvalue weighted by molar-refractivity contribution is 9.10. The monoisotopic (exact) mass is 267 g/mol. The molecule has 0 spiro atoms. The third-order valence-electron chi connectivity index (χ3n) is 2.56. The van der Waals surface area contributed by atoms with E-state index in [9.17, 15) is 4.79 Å². The van der Waals surface area contributed by atoms with Gasteiger partial charge >= 0.3 is 5.97 Å². The zero-order valence-electron chi connectivity index (χ0n) is 7.85. The Balaban J connectivity index is 2.39. The van der Waals surface area contributed by atoms with Crippen molar-refractivity contribution in [2.45, 2.75) is 12.0 Å². The molecule has 0 amide bonds. The first-order chi connectivity index (χ1) is 7.09. The number of aliphatic carboxylic acids is 1. The van der Waals surface area contributed by atoms with E-state index in [1.807, 2.05) is 30.4 Å². The highest BCUT2D eigenvalue weighted by atomic mass is 79.9. The number of fused-ring (bicyclic) bond motifs is 1. The lowest BCUT2D eigenvalue weighted by Crippen LogP contribution is -2.35. The van der Waals surface area contributed by atoms with Gasteiger partial charge in [0, 0.05) is 10.4 Å². The number of carboxylic acids is 1. The SMILES string of the molecule is NC(C(=O)O)[C@@H]1C=Cc2ccc(Br)cc21. The Morgan fingerprint density at radius 2 is 2.27 bits per heavy atom. The van der Waals surface area contributed by atoms with Crippen molar-refractivity contribution in [2.75, 3.05) is 0 Å². The van der Waals surface area contributed by atoms with Gasteiger partial charge in [-0.1, -0.05) is 34.1 Å². The van der Waals surface area contributed by atoms with Crippen LogP contribution in [0.15, 0.2) is 28.7 Å². The van der Waals surface area contributed by atoms with Gasteiger partial charge in [0.15, 0.2) is 0 Å². The molecule has 1 aliphatic carbocycles. The molecular formula is C11H10BrNO2. The van der Waals surface area contributed by atoms with Gasteiger partial charge in [-0.15, -0.1) is 0 Å². The van der Waals surface area contributed by atoms with Crippen molar-refractivity contribution < 1.29 is 9.90 Å². The summed E-state index contributed by atoms with van der Waals surface area (Å²) in [5, 5.41) is 8.87. The average molecular weight is 268 g/mol. The van der Waals surface area contributed by atoms with Gasteiger partial charge in [0.05, 0.1) is 0 Å². The summed E-state index contributed by atoms with van der Waals surface area (Å²) < 4.78 is 0.938. The maximum atomic E-state index is 10.8. The largest absolute Gasteiger partial charge is 0.480 e. The summed E-state index contributed by atoms with van der Waals surface area (Å²) in [6.07, 6.45) is 3.76. The second-order valence-corrected chi connectivity index (χ2v) is 4.44. The molecule has 0 fully saturated rings. The Labute approximate surface area is 95.7 Å². The molecule has 1 aromatic rings. The number of hydrogen-bond acceptors (Lipinski definition) is 2. The van der Waals surface area contributed by atoms with Gasteiger partial charge in [-0.2, -0.15) is 0 Å². The molecule has 3 nitrogen and oxygen atoms in total. The maximum Gasteiger partial charge on any atom is 0.321 e. The molecule has 0 aliphatic heterocycles. The molecule has 0 radical (unpaired) electrons. The fourth-order valence-electron chi connectivity index (χ4n) is 1.76. The molecule has 1 aliphatic rings. The van der Waals surface area contributed by atoms with Crippen LogP contribution in [0.1, 0.15) is 17.0 Å². The minimum absolute atomic E-state index is 0.227. The van der Waals surface area contributed by atoms with Crippen LogP contribution >= 0.6 is 15.9 Å². The van der Waals surface area contributed by atoms with E-state index in [-0.39, 0.29) is 5.92 Å². The Morgan fingerprint density at radius 1 is 1.53 bits per heavy atom. The van der Waals surface area contributed by atoms with Gasteiger partial charge in [0.25, 0.3) is 0 Å². The molecule has 0 bridgehead atoms. The Hall–Kier alpha value is -1.13. The molecule has 2 rings (SSSR count). The summed E-state index contributed by atoms with van der Waals surface area (Å²) in [5.41, 5.74) is 7.63. The first-order valence-electron chi connectivity index (χ1n) is 4.55. The smallest absolute Gasteiger partial charge is 0.321 e. The molecule has 1 unspecified atom stereocenters. The van der Waals surface area contributed by atoms with Crippen LogP contribution in [-0.2, 0) is 4.79 Å². The van der Waals surface area contributed by atoms with E-state index in [0.29, 0.717) is 0 Å². The fourth-order valence-corrected chi connectivity index (χ4v) is 2.14. The molecule has 15 heavy (non-hydrogen) atoms. The van der Waals surface area contributed by atoms with E-state index >= 15 is 0 Å². The van der Waals surface area contributed by atoms with Crippen LogP contribution in [0.2, 0.25) is 0 Å². The van der Waals surface area contributed by atoms with Gasteiger partial charge in [-0.3, -0.25) is 4.79 Å². The average Bonchev–Trinajstić information content (AvgIpc) is 2.59. The standard InChI is InChI=1S/C11H10BrNO2/c12-7-3-1-6-2-4-8(9(6)5-7)10(13)11(14)15/h1-5,8,10H,13H2,(H,14,15)/t8-,10?/m1/s1. The molecule has 3 N–H and O–H groups in total. The van der Waals surface area contributed by atoms with E-state index in [0.717, 1.165) is 15.6 Å². The molecule has 0 saturated heterocycles. The Morgan fingerprint density at radius 3 is 2.93 bits per heavy atom. The van der Waals surface area contributed by atoms with Crippen LogP contribution in [0.25, 0.3) is 6.08 Å². The second-order valence-electron chi connectivity index (χ2n) is 3.52.